The van der Waals surface area contributed by atoms with Crippen LogP contribution in [-0.4, -0.2) is 55.3 Å². The molecule has 0 saturated heterocycles. The number of aromatic nitrogens is 2. The molecule has 0 fully saturated rings. The Kier molecular flexibility index (Phi) is 8.81. The van der Waals surface area contributed by atoms with Crippen molar-refractivity contribution in [2.45, 2.75) is 13.5 Å². The smallest absolute Gasteiger partial charge is 0.329 e. The zero-order valence-electron chi connectivity index (χ0n) is 20.4. The number of carbonyl (C=O) groups excluding carboxylic acids is 1. The molecular formula is C24H27N5O7. The predicted molar refractivity (Wildman–Crippen MR) is 132 cm³/mol. The lowest BCUT2D eigenvalue weighted by Gasteiger charge is -2.23. The molecule has 0 aliphatic heterocycles. The number of benzene rings is 2. The molecule has 0 radical (unpaired) electrons. The fourth-order valence-corrected chi connectivity index (χ4v) is 3.44. The van der Waals surface area contributed by atoms with Crippen molar-refractivity contribution >= 4 is 29.1 Å². The van der Waals surface area contributed by atoms with Crippen molar-refractivity contribution in [2.75, 3.05) is 44.7 Å². The van der Waals surface area contributed by atoms with Gasteiger partial charge in [-0.05, 0) is 12.5 Å². The van der Waals surface area contributed by atoms with Crippen molar-refractivity contribution in [1.29, 1.82) is 0 Å². The highest BCUT2D eigenvalue weighted by Gasteiger charge is 2.26. The van der Waals surface area contributed by atoms with Crippen molar-refractivity contribution in [2.24, 2.45) is 0 Å². The highest BCUT2D eigenvalue weighted by Crippen LogP contribution is 2.40. The zero-order chi connectivity index (χ0) is 26.1. The van der Waals surface area contributed by atoms with Crippen LogP contribution in [0.25, 0.3) is 0 Å². The van der Waals surface area contributed by atoms with Gasteiger partial charge < -0.3 is 29.2 Å². The summed E-state index contributed by atoms with van der Waals surface area (Å²) < 4.78 is 21.2. The van der Waals surface area contributed by atoms with E-state index in [1.54, 1.807) is 19.1 Å². The summed E-state index contributed by atoms with van der Waals surface area (Å²) in [5, 5.41) is 14.8. The summed E-state index contributed by atoms with van der Waals surface area (Å²) in [5.41, 5.74) is 0.962. The highest BCUT2D eigenvalue weighted by atomic mass is 16.6. The largest absolute Gasteiger partial charge is 0.493 e. The topological polar surface area (TPSA) is 138 Å². The molecule has 0 bridgehead atoms. The first-order valence-electron chi connectivity index (χ1n) is 10.9. The molecule has 2 aromatic carbocycles. The Labute approximate surface area is 207 Å². The number of rotatable bonds is 12. The molecule has 12 nitrogen and oxygen atoms in total. The van der Waals surface area contributed by atoms with Crippen molar-refractivity contribution < 1.29 is 28.7 Å². The number of carbonyl (C=O) groups is 1. The normalized spacial score (nSPS) is 10.3. The maximum atomic E-state index is 12.3. The van der Waals surface area contributed by atoms with Crippen molar-refractivity contribution in [3.05, 3.63) is 64.3 Å². The van der Waals surface area contributed by atoms with Crippen LogP contribution < -0.4 is 24.4 Å². The molecular weight excluding hydrogens is 470 g/mol. The number of anilines is 3. The van der Waals surface area contributed by atoms with E-state index >= 15 is 0 Å². The molecule has 0 aliphatic carbocycles. The summed E-state index contributed by atoms with van der Waals surface area (Å²) in [7, 11) is 4.46. The quantitative estimate of drug-likeness (QED) is 0.222. The van der Waals surface area contributed by atoms with E-state index in [0.717, 1.165) is 11.8 Å². The number of methoxy groups -OCH3 is 3. The maximum absolute atomic E-state index is 12.3. The van der Waals surface area contributed by atoms with Crippen LogP contribution in [0.15, 0.2) is 48.7 Å². The van der Waals surface area contributed by atoms with Gasteiger partial charge in [0.2, 0.25) is 17.5 Å². The Hall–Kier alpha value is -4.61. The van der Waals surface area contributed by atoms with E-state index < -0.39 is 10.9 Å². The Morgan fingerprint density at radius 3 is 2.31 bits per heavy atom. The average molecular weight is 498 g/mol. The standard InChI is InChI=1S/C24H27N5O7/c1-5-36-21(30)15-28(14-16-9-7-6-8-10-16)23-18(29(31)32)13-25-24(27-23)26-17-11-19(33-2)22(35-4)20(12-17)34-3/h6-13H,5,14-15H2,1-4H3,(H,25,26,27). The summed E-state index contributed by atoms with van der Waals surface area (Å²) in [6, 6.07) is 12.5. The van der Waals surface area contributed by atoms with Gasteiger partial charge in [-0.15, -0.1) is 0 Å². The highest BCUT2D eigenvalue weighted by molar-refractivity contribution is 5.77. The molecule has 1 heterocycles. The number of nitrogens with one attached hydrogen (secondary N) is 1. The third-order valence-electron chi connectivity index (χ3n) is 5.01. The number of ether oxygens (including phenoxy) is 4. The number of esters is 1. The monoisotopic (exact) mass is 497 g/mol. The molecule has 3 aromatic rings. The fraction of sp³-hybridized carbons (Fsp3) is 0.292. The maximum Gasteiger partial charge on any atom is 0.329 e. The SMILES string of the molecule is CCOC(=O)CN(Cc1ccccc1)c1nc(Nc2cc(OC)c(OC)c(OC)c2)ncc1[N+](=O)[O-]. The van der Waals surface area contributed by atoms with Crippen LogP contribution in [0.2, 0.25) is 0 Å². The van der Waals surface area contributed by atoms with E-state index in [1.165, 1.54) is 26.2 Å². The minimum absolute atomic E-state index is 0.0400. The molecule has 0 atom stereocenters. The van der Waals surface area contributed by atoms with E-state index in [9.17, 15) is 14.9 Å². The van der Waals surface area contributed by atoms with Crippen LogP contribution in [0.1, 0.15) is 12.5 Å². The van der Waals surface area contributed by atoms with Gasteiger partial charge in [-0.25, -0.2) is 4.98 Å². The van der Waals surface area contributed by atoms with Gasteiger partial charge in [0.05, 0.1) is 32.9 Å². The lowest BCUT2D eigenvalue weighted by atomic mass is 10.2. The molecule has 3 rings (SSSR count). The molecule has 0 saturated carbocycles. The van der Waals surface area contributed by atoms with Gasteiger partial charge in [0.1, 0.15) is 12.7 Å². The zero-order valence-corrected chi connectivity index (χ0v) is 20.4. The van der Waals surface area contributed by atoms with Gasteiger partial charge in [-0.1, -0.05) is 30.3 Å². The van der Waals surface area contributed by atoms with E-state index in [4.69, 9.17) is 18.9 Å². The van der Waals surface area contributed by atoms with E-state index in [2.05, 4.69) is 15.3 Å². The first kappa shape index (κ1) is 26.0. The van der Waals surface area contributed by atoms with Crippen LogP contribution in [0.4, 0.5) is 23.1 Å². The predicted octanol–water partition coefficient (Wildman–Crippen LogP) is 3.72. The summed E-state index contributed by atoms with van der Waals surface area (Å²) >= 11 is 0. The minimum Gasteiger partial charge on any atom is -0.493 e. The van der Waals surface area contributed by atoms with E-state index in [1.807, 2.05) is 30.3 Å². The number of hydrogen-bond donors (Lipinski definition) is 1. The molecule has 0 amide bonds. The van der Waals surface area contributed by atoms with Gasteiger partial charge in [0, 0.05) is 24.4 Å². The molecule has 0 spiro atoms. The van der Waals surface area contributed by atoms with E-state index in [-0.39, 0.29) is 37.1 Å². The Morgan fingerprint density at radius 1 is 1.08 bits per heavy atom. The van der Waals surface area contributed by atoms with Crippen LogP contribution in [0.3, 0.4) is 0 Å². The van der Waals surface area contributed by atoms with Gasteiger partial charge in [0.15, 0.2) is 11.5 Å². The fourth-order valence-electron chi connectivity index (χ4n) is 3.44. The van der Waals surface area contributed by atoms with Crippen molar-refractivity contribution in [3.8, 4) is 17.2 Å². The van der Waals surface area contributed by atoms with Crippen molar-refractivity contribution in [1.82, 2.24) is 9.97 Å². The Bertz CT molecular complexity index is 1180. The van der Waals surface area contributed by atoms with Gasteiger partial charge in [0.25, 0.3) is 0 Å². The van der Waals surface area contributed by atoms with Crippen molar-refractivity contribution in [3.63, 3.8) is 0 Å². The molecule has 36 heavy (non-hydrogen) atoms. The molecule has 190 valence electrons. The van der Waals surface area contributed by atoms with Crippen LogP contribution in [-0.2, 0) is 16.1 Å². The third kappa shape index (κ3) is 6.29. The molecule has 0 unspecified atom stereocenters. The van der Waals surface area contributed by atoms with E-state index in [0.29, 0.717) is 22.9 Å². The lowest BCUT2D eigenvalue weighted by Crippen LogP contribution is -2.32. The number of hydrogen-bond acceptors (Lipinski definition) is 11. The number of nitrogens with zero attached hydrogens (tertiary/aromatic N) is 4. The van der Waals surface area contributed by atoms with Gasteiger partial charge >= 0.3 is 11.7 Å². The summed E-state index contributed by atoms with van der Waals surface area (Å²) in [5.74, 6) is 0.678. The first-order chi connectivity index (χ1) is 17.4. The van der Waals surface area contributed by atoms with Gasteiger partial charge in [-0.2, -0.15) is 4.98 Å². The average Bonchev–Trinajstić information content (AvgIpc) is 2.88. The number of nitro groups is 1. The molecule has 12 heteroatoms. The third-order valence-corrected chi connectivity index (χ3v) is 5.01. The van der Waals surface area contributed by atoms with Crippen LogP contribution in [0.5, 0.6) is 17.2 Å². The second kappa shape index (κ2) is 12.2. The first-order valence-corrected chi connectivity index (χ1v) is 10.9. The Morgan fingerprint density at radius 2 is 1.75 bits per heavy atom. The van der Waals surface area contributed by atoms with Crippen LogP contribution >= 0.6 is 0 Å². The molecule has 1 N–H and O–H groups in total. The summed E-state index contributed by atoms with van der Waals surface area (Å²) in [4.78, 5) is 33.5. The summed E-state index contributed by atoms with van der Waals surface area (Å²) in [6.45, 7) is 1.80. The lowest BCUT2D eigenvalue weighted by molar-refractivity contribution is -0.384. The molecule has 1 aromatic heterocycles. The van der Waals surface area contributed by atoms with Gasteiger partial charge in [-0.3, -0.25) is 14.9 Å². The minimum atomic E-state index is -0.596. The summed E-state index contributed by atoms with van der Waals surface area (Å²) in [6.07, 6.45) is 1.09. The molecule has 0 aliphatic rings. The Balaban J connectivity index is 2.03. The second-order valence-corrected chi connectivity index (χ2v) is 7.35. The van der Waals surface area contributed by atoms with Crippen LogP contribution in [0, 0.1) is 10.1 Å². The second-order valence-electron chi connectivity index (χ2n) is 7.35.